The van der Waals surface area contributed by atoms with Gasteiger partial charge in [0, 0.05) is 6.07 Å². The molecule has 1 aromatic rings. The normalized spacial score (nSPS) is 10.4. The van der Waals surface area contributed by atoms with Gasteiger partial charge in [-0.15, -0.1) is 0 Å². The van der Waals surface area contributed by atoms with E-state index >= 15 is 0 Å². The zero-order valence-corrected chi connectivity index (χ0v) is 11.7. The predicted octanol–water partition coefficient (Wildman–Crippen LogP) is 3.05. The largest absolute Gasteiger partial charge is 0.489 e. The van der Waals surface area contributed by atoms with Crippen molar-refractivity contribution < 1.29 is 23.4 Å². The summed E-state index contributed by atoms with van der Waals surface area (Å²) in [5.41, 5.74) is 0.0307. The van der Waals surface area contributed by atoms with Crippen LogP contribution in [0.2, 0.25) is 0 Å². The molecule has 19 heavy (non-hydrogen) atoms. The lowest BCUT2D eigenvalue weighted by Gasteiger charge is -2.16. The fourth-order valence-corrected chi connectivity index (χ4v) is 1.49. The molecule has 0 amide bonds. The van der Waals surface area contributed by atoms with Crippen LogP contribution in [0, 0.1) is 11.7 Å². The third-order valence-corrected chi connectivity index (χ3v) is 2.29. The van der Waals surface area contributed by atoms with Gasteiger partial charge in [0.25, 0.3) is 0 Å². The van der Waals surface area contributed by atoms with Gasteiger partial charge in [0.1, 0.15) is 11.4 Å². The first-order valence-corrected chi connectivity index (χ1v) is 6.17. The van der Waals surface area contributed by atoms with Gasteiger partial charge in [-0.1, -0.05) is 13.8 Å². The maximum absolute atomic E-state index is 13.5. The van der Waals surface area contributed by atoms with Gasteiger partial charge in [-0.3, -0.25) is 0 Å². The molecule has 0 aliphatic rings. The van der Waals surface area contributed by atoms with Crippen LogP contribution in [0.3, 0.4) is 0 Å². The summed E-state index contributed by atoms with van der Waals surface area (Å²) in [5.74, 6) is -0.508. The molecule has 1 rings (SSSR count). The number of hydrogen-bond acceptors (Lipinski definition) is 4. The van der Waals surface area contributed by atoms with Gasteiger partial charge in [-0.25, -0.2) is 9.18 Å². The van der Waals surface area contributed by atoms with Crippen molar-refractivity contribution in [2.24, 2.45) is 5.92 Å². The first-order valence-electron chi connectivity index (χ1n) is 6.17. The first-order chi connectivity index (χ1) is 8.99. The van der Waals surface area contributed by atoms with Crippen molar-refractivity contribution >= 4 is 5.97 Å². The third-order valence-electron chi connectivity index (χ3n) is 2.29. The molecule has 0 unspecified atom stereocenters. The third kappa shape index (κ3) is 4.12. The molecule has 106 valence electrons. The van der Waals surface area contributed by atoms with Crippen LogP contribution in [0.25, 0.3) is 0 Å². The summed E-state index contributed by atoms with van der Waals surface area (Å²) in [5, 5.41) is 0. The Morgan fingerprint density at radius 1 is 1.32 bits per heavy atom. The maximum atomic E-state index is 13.5. The van der Waals surface area contributed by atoms with Crippen LogP contribution >= 0.6 is 0 Å². The van der Waals surface area contributed by atoms with Crippen molar-refractivity contribution in [3.63, 3.8) is 0 Å². The van der Waals surface area contributed by atoms with Crippen molar-refractivity contribution in [2.45, 2.75) is 20.8 Å². The molecule has 0 radical (unpaired) electrons. The fourth-order valence-electron chi connectivity index (χ4n) is 1.49. The quantitative estimate of drug-likeness (QED) is 0.745. The molecule has 0 fully saturated rings. The summed E-state index contributed by atoms with van der Waals surface area (Å²) in [6.07, 6.45) is 0. The number of carbonyl (C=O) groups is 1. The molecule has 0 heterocycles. The molecular formula is C14H19FO4. The summed E-state index contributed by atoms with van der Waals surface area (Å²) < 4.78 is 29.0. The van der Waals surface area contributed by atoms with E-state index in [0.29, 0.717) is 13.2 Å². The molecule has 0 bridgehead atoms. The molecule has 0 aromatic heterocycles. The van der Waals surface area contributed by atoms with E-state index in [1.165, 1.54) is 13.2 Å². The Bertz CT molecular complexity index is 443. The summed E-state index contributed by atoms with van der Waals surface area (Å²) >= 11 is 0. The topological polar surface area (TPSA) is 44.8 Å². The number of halogens is 1. The van der Waals surface area contributed by atoms with Gasteiger partial charge in [-0.2, -0.15) is 0 Å². The minimum absolute atomic E-state index is 0.0307. The molecule has 0 saturated heterocycles. The molecule has 0 spiro atoms. The summed E-state index contributed by atoms with van der Waals surface area (Å²) in [6, 6.07) is 2.29. The van der Waals surface area contributed by atoms with E-state index in [0.717, 1.165) is 6.07 Å². The molecule has 4 nitrogen and oxygen atoms in total. The van der Waals surface area contributed by atoms with Crippen molar-refractivity contribution in [3.05, 3.63) is 23.5 Å². The number of methoxy groups -OCH3 is 1. The number of benzene rings is 1. The summed E-state index contributed by atoms with van der Waals surface area (Å²) in [6.45, 7) is 6.47. The number of ether oxygens (including phenoxy) is 3. The highest BCUT2D eigenvalue weighted by molar-refractivity contribution is 5.93. The molecule has 0 N–H and O–H groups in total. The van der Waals surface area contributed by atoms with Gasteiger partial charge >= 0.3 is 5.97 Å². The Labute approximate surface area is 112 Å². The predicted molar refractivity (Wildman–Crippen MR) is 69.2 cm³/mol. The summed E-state index contributed by atoms with van der Waals surface area (Å²) in [7, 11) is 1.23. The van der Waals surface area contributed by atoms with Gasteiger partial charge < -0.3 is 14.2 Å². The van der Waals surface area contributed by atoms with Gasteiger partial charge in [0.2, 0.25) is 0 Å². The minimum Gasteiger partial charge on any atom is -0.489 e. The Morgan fingerprint density at radius 3 is 2.53 bits per heavy atom. The standard InChI is InChI=1S/C14H19FO4/c1-5-18-13-11(14(16)17-4)6-10(15)7-12(13)19-8-9(2)3/h6-7,9H,5,8H2,1-4H3. The van der Waals surface area contributed by atoms with Gasteiger partial charge in [-0.05, 0) is 18.9 Å². The second-order valence-corrected chi connectivity index (χ2v) is 4.41. The van der Waals surface area contributed by atoms with E-state index in [-0.39, 0.29) is 23.0 Å². The van der Waals surface area contributed by atoms with E-state index in [4.69, 9.17) is 9.47 Å². The highest BCUT2D eigenvalue weighted by Crippen LogP contribution is 2.33. The van der Waals surface area contributed by atoms with Crippen LogP contribution in [0.5, 0.6) is 11.5 Å². The Kier molecular flexibility index (Phi) is 5.60. The van der Waals surface area contributed by atoms with Crippen LogP contribution in [0.1, 0.15) is 31.1 Å². The lowest BCUT2D eigenvalue weighted by Crippen LogP contribution is -2.11. The van der Waals surface area contributed by atoms with Gasteiger partial charge in [0.05, 0.1) is 20.3 Å². The second-order valence-electron chi connectivity index (χ2n) is 4.41. The zero-order valence-electron chi connectivity index (χ0n) is 11.7. The Balaban J connectivity index is 3.19. The molecule has 0 aliphatic carbocycles. The average Bonchev–Trinajstić information content (AvgIpc) is 2.37. The van der Waals surface area contributed by atoms with Crippen molar-refractivity contribution in [3.8, 4) is 11.5 Å². The second kappa shape index (κ2) is 6.97. The molecule has 0 saturated carbocycles. The van der Waals surface area contributed by atoms with E-state index in [2.05, 4.69) is 4.74 Å². The minimum atomic E-state index is -0.655. The Morgan fingerprint density at radius 2 is 2.00 bits per heavy atom. The van der Waals surface area contributed by atoms with E-state index in [1.807, 2.05) is 13.8 Å². The van der Waals surface area contributed by atoms with Gasteiger partial charge in [0.15, 0.2) is 11.5 Å². The molecular weight excluding hydrogens is 251 g/mol. The summed E-state index contributed by atoms with van der Waals surface area (Å²) in [4.78, 5) is 11.6. The van der Waals surface area contributed by atoms with Crippen LogP contribution in [0.4, 0.5) is 4.39 Å². The fraction of sp³-hybridized carbons (Fsp3) is 0.500. The number of rotatable bonds is 6. The number of carbonyl (C=O) groups excluding carboxylic acids is 1. The highest BCUT2D eigenvalue weighted by Gasteiger charge is 2.20. The van der Waals surface area contributed by atoms with E-state index in [9.17, 15) is 9.18 Å². The lowest BCUT2D eigenvalue weighted by atomic mass is 10.1. The Hall–Kier alpha value is -1.78. The zero-order chi connectivity index (χ0) is 14.4. The highest BCUT2D eigenvalue weighted by atomic mass is 19.1. The average molecular weight is 270 g/mol. The first kappa shape index (κ1) is 15.3. The lowest BCUT2D eigenvalue weighted by molar-refractivity contribution is 0.0594. The SMILES string of the molecule is CCOc1c(OCC(C)C)cc(F)cc1C(=O)OC. The van der Waals surface area contributed by atoms with E-state index < -0.39 is 11.8 Å². The van der Waals surface area contributed by atoms with Crippen LogP contribution in [-0.2, 0) is 4.74 Å². The van der Waals surface area contributed by atoms with Crippen LogP contribution in [-0.4, -0.2) is 26.3 Å². The van der Waals surface area contributed by atoms with Crippen molar-refractivity contribution in [1.29, 1.82) is 0 Å². The monoisotopic (exact) mass is 270 g/mol. The van der Waals surface area contributed by atoms with Crippen LogP contribution in [0.15, 0.2) is 12.1 Å². The molecule has 0 atom stereocenters. The van der Waals surface area contributed by atoms with E-state index in [1.54, 1.807) is 6.92 Å². The van der Waals surface area contributed by atoms with Crippen molar-refractivity contribution in [2.75, 3.05) is 20.3 Å². The number of hydrogen-bond donors (Lipinski definition) is 0. The smallest absolute Gasteiger partial charge is 0.341 e. The molecule has 5 heteroatoms. The molecule has 0 aliphatic heterocycles. The number of esters is 1. The van der Waals surface area contributed by atoms with Crippen molar-refractivity contribution in [1.82, 2.24) is 0 Å². The maximum Gasteiger partial charge on any atom is 0.341 e. The molecule has 1 aromatic carbocycles. The van der Waals surface area contributed by atoms with Crippen LogP contribution < -0.4 is 9.47 Å².